The fourth-order valence-electron chi connectivity index (χ4n) is 1.81. The van der Waals surface area contributed by atoms with Crippen molar-refractivity contribution in [2.45, 2.75) is 59.0 Å². The second-order valence-electron chi connectivity index (χ2n) is 6.93. The lowest BCUT2D eigenvalue weighted by atomic mass is 9.74. The second kappa shape index (κ2) is 6.48. The molecule has 0 saturated heterocycles. The van der Waals surface area contributed by atoms with E-state index in [0.29, 0.717) is 0 Å². The minimum absolute atomic E-state index is 0.0202. The molecule has 0 aliphatic carbocycles. The Labute approximate surface area is 127 Å². The molecule has 21 heavy (non-hydrogen) atoms. The summed E-state index contributed by atoms with van der Waals surface area (Å²) in [7, 11) is 0. The summed E-state index contributed by atoms with van der Waals surface area (Å²) in [5.74, 6) is 0.250. The molecule has 0 saturated carbocycles. The first-order valence-corrected chi connectivity index (χ1v) is 7.42. The van der Waals surface area contributed by atoms with E-state index in [-0.39, 0.29) is 17.7 Å². The lowest BCUT2D eigenvalue weighted by molar-refractivity contribution is -0.132. The molecule has 1 aromatic rings. The van der Waals surface area contributed by atoms with Gasteiger partial charge < -0.3 is 16.2 Å². The molecule has 0 aliphatic heterocycles. The second-order valence-corrected chi connectivity index (χ2v) is 6.93. The van der Waals surface area contributed by atoms with Crippen molar-refractivity contribution in [3.63, 3.8) is 0 Å². The minimum atomic E-state index is -0.625. The Bertz CT molecular complexity index is 473. The fourth-order valence-corrected chi connectivity index (χ4v) is 1.81. The summed E-state index contributed by atoms with van der Waals surface area (Å²) in [5, 5.41) is 12.3. The van der Waals surface area contributed by atoms with Gasteiger partial charge in [-0.2, -0.15) is 0 Å². The van der Waals surface area contributed by atoms with Crippen LogP contribution in [0.4, 0.5) is 0 Å². The molecule has 4 N–H and O–H groups in total. The van der Waals surface area contributed by atoms with Crippen LogP contribution in [0.1, 0.15) is 46.6 Å². The van der Waals surface area contributed by atoms with Crippen LogP contribution in [0.3, 0.4) is 0 Å². The number of carbonyl (C=O) groups excluding carboxylic acids is 1. The van der Waals surface area contributed by atoms with Crippen LogP contribution in [0.5, 0.6) is 5.75 Å². The minimum Gasteiger partial charge on any atom is -0.508 e. The van der Waals surface area contributed by atoms with Gasteiger partial charge >= 0.3 is 0 Å². The van der Waals surface area contributed by atoms with Gasteiger partial charge in [0.05, 0.1) is 5.41 Å². The number of nitrogens with two attached hydrogens (primary N) is 1. The van der Waals surface area contributed by atoms with Crippen LogP contribution in [-0.4, -0.2) is 22.6 Å². The van der Waals surface area contributed by atoms with Crippen molar-refractivity contribution in [2.24, 2.45) is 11.1 Å². The molecule has 0 aromatic heterocycles. The summed E-state index contributed by atoms with van der Waals surface area (Å²) in [6, 6.07) is 7.23. The van der Waals surface area contributed by atoms with Gasteiger partial charge in [0.1, 0.15) is 5.75 Å². The van der Waals surface area contributed by atoms with Crippen LogP contribution >= 0.6 is 0 Å². The maximum absolute atomic E-state index is 12.4. The zero-order valence-electron chi connectivity index (χ0n) is 13.7. The molecule has 0 radical (unpaired) electrons. The first-order chi connectivity index (χ1) is 9.54. The van der Waals surface area contributed by atoms with Gasteiger partial charge in [0.15, 0.2) is 0 Å². The number of nitrogens with one attached hydrogen (secondary N) is 1. The van der Waals surface area contributed by atoms with E-state index in [9.17, 15) is 9.90 Å². The normalized spacial score (nSPS) is 13.8. The van der Waals surface area contributed by atoms with Gasteiger partial charge in [0, 0.05) is 11.6 Å². The summed E-state index contributed by atoms with van der Waals surface area (Å²) in [4.78, 5) is 12.4. The van der Waals surface area contributed by atoms with Gasteiger partial charge in [0.25, 0.3) is 0 Å². The molecule has 0 aliphatic rings. The third-order valence-corrected chi connectivity index (χ3v) is 4.36. The van der Waals surface area contributed by atoms with E-state index in [1.165, 1.54) is 0 Å². The fraction of sp³-hybridized carbons (Fsp3) is 0.588. The predicted molar refractivity (Wildman–Crippen MR) is 86.1 cm³/mol. The van der Waals surface area contributed by atoms with Crippen molar-refractivity contribution in [1.29, 1.82) is 0 Å². The Kier molecular flexibility index (Phi) is 5.40. The first kappa shape index (κ1) is 17.5. The predicted octanol–water partition coefficient (Wildman–Crippen LogP) is 2.59. The third kappa shape index (κ3) is 4.74. The smallest absolute Gasteiger partial charge is 0.227 e. The standard InChI is InChI=1S/C17H28N2O2/c1-12(6-7-13-8-10-14(20)11-9-13)19-15(21)16(2,3)17(4,5)18/h8-12,20H,6-7,18H2,1-5H3,(H,19,21). The summed E-state index contributed by atoms with van der Waals surface area (Å²) < 4.78 is 0. The molecule has 118 valence electrons. The molecule has 0 bridgehead atoms. The van der Waals surface area contributed by atoms with Gasteiger partial charge in [-0.05, 0) is 65.2 Å². The van der Waals surface area contributed by atoms with Gasteiger partial charge in [-0.15, -0.1) is 0 Å². The van der Waals surface area contributed by atoms with Gasteiger partial charge in [-0.3, -0.25) is 4.79 Å². The van der Waals surface area contributed by atoms with Crippen LogP contribution < -0.4 is 11.1 Å². The summed E-state index contributed by atoms with van der Waals surface area (Å²) in [6.45, 7) is 9.48. The summed E-state index contributed by atoms with van der Waals surface area (Å²) in [6.07, 6.45) is 1.70. The number of amides is 1. The zero-order valence-corrected chi connectivity index (χ0v) is 13.7. The average Bonchev–Trinajstić information content (AvgIpc) is 2.36. The van der Waals surface area contributed by atoms with Crippen LogP contribution in [-0.2, 0) is 11.2 Å². The molecule has 4 nitrogen and oxygen atoms in total. The molecule has 0 spiro atoms. The number of phenols is 1. The van der Waals surface area contributed by atoms with E-state index in [1.807, 2.05) is 46.8 Å². The van der Waals surface area contributed by atoms with Gasteiger partial charge in [-0.1, -0.05) is 12.1 Å². The van der Waals surface area contributed by atoms with E-state index in [4.69, 9.17) is 5.73 Å². The van der Waals surface area contributed by atoms with E-state index in [2.05, 4.69) is 5.32 Å². The monoisotopic (exact) mass is 292 g/mol. The number of carbonyl (C=O) groups is 1. The highest BCUT2D eigenvalue weighted by molar-refractivity contribution is 5.83. The van der Waals surface area contributed by atoms with Gasteiger partial charge in [-0.25, -0.2) is 0 Å². The van der Waals surface area contributed by atoms with E-state index >= 15 is 0 Å². The molecule has 4 heteroatoms. The number of benzene rings is 1. The number of rotatable bonds is 6. The highest BCUT2D eigenvalue weighted by Crippen LogP contribution is 2.28. The summed E-state index contributed by atoms with van der Waals surface area (Å²) >= 11 is 0. The van der Waals surface area contributed by atoms with Crippen LogP contribution in [0.25, 0.3) is 0 Å². The number of phenolic OH excluding ortho intramolecular Hbond substituents is 1. The quantitative estimate of drug-likeness (QED) is 0.754. The largest absolute Gasteiger partial charge is 0.508 e. The van der Waals surface area contributed by atoms with E-state index < -0.39 is 11.0 Å². The van der Waals surface area contributed by atoms with Crippen LogP contribution in [0.2, 0.25) is 0 Å². The molecule has 1 unspecified atom stereocenters. The number of hydrogen-bond acceptors (Lipinski definition) is 3. The molecular weight excluding hydrogens is 264 g/mol. The van der Waals surface area contributed by atoms with Crippen molar-refractivity contribution in [3.05, 3.63) is 29.8 Å². The zero-order chi connectivity index (χ0) is 16.3. The van der Waals surface area contributed by atoms with Crippen molar-refractivity contribution >= 4 is 5.91 Å². The Hall–Kier alpha value is -1.55. The first-order valence-electron chi connectivity index (χ1n) is 7.42. The van der Waals surface area contributed by atoms with Crippen molar-refractivity contribution in [3.8, 4) is 5.75 Å². The molecule has 1 amide bonds. The molecule has 1 rings (SSSR count). The molecule has 1 aromatic carbocycles. The van der Waals surface area contributed by atoms with Crippen LogP contribution in [0.15, 0.2) is 24.3 Å². The lowest BCUT2D eigenvalue weighted by Crippen LogP contribution is -2.56. The number of hydrogen-bond donors (Lipinski definition) is 3. The Morgan fingerprint density at radius 2 is 1.76 bits per heavy atom. The van der Waals surface area contributed by atoms with Crippen molar-refractivity contribution in [2.75, 3.05) is 0 Å². The molecule has 0 fully saturated rings. The highest BCUT2D eigenvalue weighted by atomic mass is 16.3. The average molecular weight is 292 g/mol. The van der Waals surface area contributed by atoms with E-state index in [1.54, 1.807) is 12.1 Å². The maximum Gasteiger partial charge on any atom is 0.227 e. The van der Waals surface area contributed by atoms with E-state index in [0.717, 1.165) is 18.4 Å². The Morgan fingerprint density at radius 1 is 1.24 bits per heavy atom. The van der Waals surface area contributed by atoms with Crippen LogP contribution in [0, 0.1) is 5.41 Å². The lowest BCUT2D eigenvalue weighted by Gasteiger charge is -2.37. The van der Waals surface area contributed by atoms with Gasteiger partial charge in [0.2, 0.25) is 5.91 Å². The SMILES string of the molecule is CC(CCc1ccc(O)cc1)NC(=O)C(C)(C)C(C)(C)N. The van der Waals surface area contributed by atoms with Crippen molar-refractivity contribution < 1.29 is 9.90 Å². The summed E-state index contributed by atoms with van der Waals surface area (Å²) in [5.41, 5.74) is 6.03. The highest BCUT2D eigenvalue weighted by Gasteiger charge is 2.40. The maximum atomic E-state index is 12.4. The molecular formula is C17H28N2O2. The topological polar surface area (TPSA) is 75.3 Å². The molecule has 0 heterocycles. The Morgan fingerprint density at radius 3 is 2.24 bits per heavy atom. The number of aromatic hydroxyl groups is 1. The Balaban J connectivity index is 2.52. The third-order valence-electron chi connectivity index (χ3n) is 4.36. The van der Waals surface area contributed by atoms with Crippen molar-refractivity contribution in [1.82, 2.24) is 5.32 Å². The molecule has 1 atom stereocenters. The number of aryl methyl sites for hydroxylation is 1.